The zero-order chi connectivity index (χ0) is 16.9. The van der Waals surface area contributed by atoms with Gasteiger partial charge in [0.25, 0.3) is 0 Å². The molecule has 5 nitrogen and oxygen atoms in total. The highest BCUT2D eigenvalue weighted by atomic mass is 16.5. The summed E-state index contributed by atoms with van der Waals surface area (Å²) in [4.78, 5) is 16.6. The van der Waals surface area contributed by atoms with Crippen LogP contribution < -0.4 is 4.74 Å². The molecule has 2 heterocycles. The molecule has 0 aliphatic rings. The van der Waals surface area contributed by atoms with Crippen LogP contribution in [0.5, 0.6) is 5.75 Å². The maximum atomic E-state index is 12.5. The maximum Gasteiger partial charge on any atom is 0.143 e. The minimum Gasteiger partial charge on any atom is -0.492 e. The second-order valence-electron chi connectivity index (χ2n) is 5.47. The molecule has 3 aromatic rings. The predicted octanol–water partition coefficient (Wildman–Crippen LogP) is 2.96. The molecule has 0 aliphatic heterocycles. The van der Waals surface area contributed by atoms with Gasteiger partial charge in [0.15, 0.2) is 0 Å². The molecule has 0 spiro atoms. The maximum absolute atomic E-state index is 12.5. The lowest BCUT2D eigenvalue weighted by Crippen LogP contribution is -2.11. The summed E-state index contributed by atoms with van der Waals surface area (Å²) in [5.41, 5.74) is 3.23. The Bertz CT molecular complexity index is 905. The number of hydrogen-bond donors (Lipinski definition) is 0. The van der Waals surface area contributed by atoms with Gasteiger partial charge in [-0.3, -0.25) is 9.20 Å². The van der Waals surface area contributed by atoms with Crippen molar-refractivity contribution in [2.45, 2.75) is 19.8 Å². The average molecular weight is 319 g/mol. The van der Waals surface area contributed by atoms with E-state index in [9.17, 15) is 4.79 Å². The van der Waals surface area contributed by atoms with Gasteiger partial charge in [0.05, 0.1) is 48.4 Å². The van der Waals surface area contributed by atoms with Crippen LogP contribution in [0.1, 0.15) is 23.7 Å². The Labute approximate surface area is 140 Å². The minimum absolute atomic E-state index is 0.0851. The third-order valence-electron chi connectivity index (χ3n) is 3.80. The fourth-order valence-electron chi connectivity index (χ4n) is 2.66. The predicted molar refractivity (Wildman–Crippen MR) is 89.9 cm³/mol. The van der Waals surface area contributed by atoms with E-state index in [4.69, 9.17) is 10.00 Å². The lowest BCUT2D eigenvalue weighted by Gasteiger charge is -2.12. The Balaban J connectivity index is 1.82. The van der Waals surface area contributed by atoms with E-state index in [0.29, 0.717) is 24.3 Å². The van der Waals surface area contributed by atoms with Crippen molar-refractivity contribution in [3.8, 4) is 11.8 Å². The van der Waals surface area contributed by atoms with E-state index >= 15 is 0 Å². The highest BCUT2D eigenvalue weighted by molar-refractivity contribution is 5.83. The van der Waals surface area contributed by atoms with Gasteiger partial charge in [0.1, 0.15) is 11.5 Å². The van der Waals surface area contributed by atoms with Gasteiger partial charge in [-0.25, -0.2) is 4.98 Å². The van der Waals surface area contributed by atoms with Crippen molar-refractivity contribution < 1.29 is 9.53 Å². The van der Waals surface area contributed by atoms with Crippen LogP contribution in [0.15, 0.2) is 48.9 Å². The smallest absolute Gasteiger partial charge is 0.143 e. The number of nitrogens with zero attached hydrogens (tertiary/aromatic N) is 3. The number of aromatic nitrogens is 2. The Morgan fingerprint density at radius 3 is 2.71 bits per heavy atom. The van der Waals surface area contributed by atoms with E-state index in [1.807, 2.05) is 35.6 Å². The number of hydrogen-bond acceptors (Lipinski definition) is 4. The van der Waals surface area contributed by atoms with Crippen LogP contribution in [-0.2, 0) is 17.6 Å². The van der Waals surface area contributed by atoms with Crippen LogP contribution in [0, 0.1) is 11.3 Å². The Hall–Kier alpha value is -3.13. The summed E-state index contributed by atoms with van der Waals surface area (Å²) >= 11 is 0. The number of fused-ring (bicyclic) bond motifs is 1. The highest BCUT2D eigenvalue weighted by Crippen LogP contribution is 2.22. The first-order chi connectivity index (χ1) is 11.7. The molecule has 120 valence electrons. The van der Waals surface area contributed by atoms with Gasteiger partial charge < -0.3 is 4.74 Å². The lowest BCUT2D eigenvalue weighted by atomic mass is 10.0. The molecule has 0 saturated heterocycles. The fourth-order valence-corrected chi connectivity index (χ4v) is 2.66. The number of Topliss-reactive ketones (excluding diaryl/α,β-unsaturated/α-hetero) is 1. The summed E-state index contributed by atoms with van der Waals surface area (Å²) in [5, 5.41) is 8.83. The number of ether oxygens (including phenoxy) is 1. The van der Waals surface area contributed by atoms with Crippen LogP contribution in [0.3, 0.4) is 0 Å². The first kappa shape index (κ1) is 15.8. The van der Waals surface area contributed by atoms with Gasteiger partial charge in [-0.15, -0.1) is 0 Å². The number of carbonyl (C=O) groups excluding carboxylic acids is 1. The second kappa shape index (κ2) is 6.97. The van der Waals surface area contributed by atoms with E-state index in [0.717, 1.165) is 16.8 Å². The van der Waals surface area contributed by atoms with Crippen molar-refractivity contribution in [2.75, 3.05) is 6.61 Å². The summed E-state index contributed by atoms with van der Waals surface area (Å²) in [7, 11) is 0. The quantitative estimate of drug-likeness (QED) is 0.700. The van der Waals surface area contributed by atoms with E-state index in [1.54, 1.807) is 24.7 Å². The Morgan fingerprint density at radius 1 is 1.21 bits per heavy atom. The number of nitriles is 1. The molecule has 1 aromatic carbocycles. The topological polar surface area (TPSA) is 67.4 Å². The van der Waals surface area contributed by atoms with Gasteiger partial charge >= 0.3 is 0 Å². The van der Waals surface area contributed by atoms with Crippen LogP contribution >= 0.6 is 0 Å². The van der Waals surface area contributed by atoms with Crippen molar-refractivity contribution in [3.05, 3.63) is 65.7 Å². The number of pyridine rings is 1. The van der Waals surface area contributed by atoms with Gasteiger partial charge in [0.2, 0.25) is 0 Å². The van der Waals surface area contributed by atoms with Crippen LogP contribution in [0.2, 0.25) is 0 Å². The van der Waals surface area contributed by atoms with E-state index in [-0.39, 0.29) is 12.2 Å². The minimum atomic E-state index is 0.0851. The average Bonchev–Trinajstić information content (AvgIpc) is 3.07. The molecule has 0 saturated carbocycles. The van der Waals surface area contributed by atoms with E-state index in [1.165, 1.54) is 0 Å². The number of imidazole rings is 1. The van der Waals surface area contributed by atoms with E-state index < -0.39 is 0 Å². The molecule has 0 bridgehead atoms. The number of ketones is 1. The molecule has 0 N–H and O–H groups in total. The molecule has 0 amide bonds. The van der Waals surface area contributed by atoms with Crippen molar-refractivity contribution in [3.63, 3.8) is 0 Å². The summed E-state index contributed by atoms with van der Waals surface area (Å²) in [6, 6.07) is 13.0. The third kappa shape index (κ3) is 3.28. The number of rotatable bonds is 6. The first-order valence-corrected chi connectivity index (χ1v) is 7.78. The Morgan fingerprint density at radius 2 is 2.00 bits per heavy atom. The summed E-state index contributed by atoms with van der Waals surface area (Å²) in [6.45, 7) is 2.46. The monoisotopic (exact) mass is 319 g/mol. The van der Waals surface area contributed by atoms with Gasteiger partial charge in [-0.05, 0) is 36.8 Å². The van der Waals surface area contributed by atoms with Gasteiger partial charge in [-0.2, -0.15) is 5.26 Å². The summed E-state index contributed by atoms with van der Waals surface area (Å²) in [5.74, 6) is 0.790. The number of carbonyl (C=O) groups is 1. The van der Waals surface area contributed by atoms with Crippen molar-refractivity contribution in [1.29, 1.82) is 5.26 Å². The summed E-state index contributed by atoms with van der Waals surface area (Å²) in [6.07, 6.45) is 4.04. The van der Waals surface area contributed by atoms with Crippen LogP contribution in [0.4, 0.5) is 0 Å². The van der Waals surface area contributed by atoms with Crippen molar-refractivity contribution >= 4 is 11.3 Å². The SMILES string of the molecule is CCOc1ccc2cncn2c1CC(=O)Cc1ccc(C#N)cc1. The third-order valence-corrected chi connectivity index (χ3v) is 3.80. The molecule has 24 heavy (non-hydrogen) atoms. The lowest BCUT2D eigenvalue weighted by molar-refractivity contribution is -0.117. The standard InChI is InChI=1S/C19H17N3O2/c1-2-24-19-8-7-16-12-21-13-22(16)18(19)10-17(23)9-14-3-5-15(11-20)6-4-14/h3-8,12-13H,2,9-10H2,1H3. The van der Waals surface area contributed by atoms with E-state index in [2.05, 4.69) is 11.1 Å². The zero-order valence-corrected chi connectivity index (χ0v) is 13.4. The molecule has 0 radical (unpaired) electrons. The van der Waals surface area contributed by atoms with Crippen LogP contribution in [-0.4, -0.2) is 21.8 Å². The zero-order valence-electron chi connectivity index (χ0n) is 13.4. The van der Waals surface area contributed by atoms with Crippen molar-refractivity contribution in [1.82, 2.24) is 9.38 Å². The Kier molecular flexibility index (Phi) is 4.57. The fraction of sp³-hybridized carbons (Fsp3) is 0.211. The summed E-state index contributed by atoms with van der Waals surface area (Å²) < 4.78 is 7.55. The highest BCUT2D eigenvalue weighted by Gasteiger charge is 2.14. The first-order valence-electron chi connectivity index (χ1n) is 7.78. The second-order valence-corrected chi connectivity index (χ2v) is 5.47. The van der Waals surface area contributed by atoms with Gasteiger partial charge in [0, 0.05) is 6.42 Å². The molecule has 5 heteroatoms. The van der Waals surface area contributed by atoms with Gasteiger partial charge in [-0.1, -0.05) is 12.1 Å². The molecular formula is C19H17N3O2. The molecule has 0 unspecified atom stereocenters. The number of benzene rings is 1. The van der Waals surface area contributed by atoms with Crippen LogP contribution in [0.25, 0.3) is 5.52 Å². The normalized spacial score (nSPS) is 10.5. The molecule has 0 atom stereocenters. The molecule has 3 rings (SSSR count). The van der Waals surface area contributed by atoms with Crippen molar-refractivity contribution in [2.24, 2.45) is 0 Å². The molecule has 2 aromatic heterocycles. The largest absolute Gasteiger partial charge is 0.492 e. The molecule has 0 fully saturated rings. The molecular weight excluding hydrogens is 302 g/mol. The molecule has 0 aliphatic carbocycles.